The SMILES string of the molecule is Cc1cc([C@](C)(O)C#Cc2ccc3c(c2)-c2nc(C(N)=O)cn2CC(CF)O3)no1. The second-order valence-electron chi connectivity index (χ2n) is 7.22. The average Bonchev–Trinajstić information content (AvgIpc) is 3.30. The van der Waals surface area contributed by atoms with Crippen molar-refractivity contribution in [2.24, 2.45) is 5.73 Å². The van der Waals surface area contributed by atoms with E-state index >= 15 is 0 Å². The van der Waals surface area contributed by atoms with Crippen molar-refractivity contribution in [1.82, 2.24) is 14.7 Å². The van der Waals surface area contributed by atoms with Crippen LogP contribution in [0.15, 0.2) is 35.0 Å². The molecule has 3 N–H and O–H groups in total. The monoisotopic (exact) mass is 410 g/mol. The number of primary amides is 1. The van der Waals surface area contributed by atoms with Gasteiger partial charge in [-0.1, -0.05) is 17.0 Å². The Morgan fingerprint density at radius 2 is 2.27 bits per heavy atom. The number of rotatable bonds is 3. The van der Waals surface area contributed by atoms with Crippen LogP contribution < -0.4 is 10.5 Å². The van der Waals surface area contributed by atoms with Gasteiger partial charge in [-0.3, -0.25) is 4.79 Å². The summed E-state index contributed by atoms with van der Waals surface area (Å²) in [6.45, 7) is 2.72. The van der Waals surface area contributed by atoms with Crippen molar-refractivity contribution in [3.05, 3.63) is 53.2 Å². The first-order valence-corrected chi connectivity index (χ1v) is 9.20. The zero-order valence-electron chi connectivity index (χ0n) is 16.3. The first kappa shape index (κ1) is 19.7. The van der Waals surface area contributed by atoms with Crippen molar-refractivity contribution >= 4 is 5.91 Å². The van der Waals surface area contributed by atoms with Crippen molar-refractivity contribution in [2.75, 3.05) is 6.67 Å². The number of halogens is 1. The lowest BCUT2D eigenvalue weighted by molar-refractivity contribution is 0.0995. The Morgan fingerprint density at radius 1 is 1.47 bits per heavy atom. The number of carbonyl (C=O) groups excluding carboxylic acids is 1. The average molecular weight is 410 g/mol. The van der Waals surface area contributed by atoms with Crippen LogP contribution in [0.25, 0.3) is 11.4 Å². The number of aromatic nitrogens is 3. The second kappa shape index (κ2) is 7.31. The fraction of sp³-hybridized carbons (Fsp3) is 0.286. The van der Waals surface area contributed by atoms with Gasteiger partial charge in [-0.15, -0.1) is 0 Å². The van der Waals surface area contributed by atoms with Crippen molar-refractivity contribution in [2.45, 2.75) is 32.1 Å². The Balaban J connectivity index is 1.76. The minimum Gasteiger partial charge on any atom is -0.485 e. The number of fused-ring (bicyclic) bond motifs is 3. The van der Waals surface area contributed by atoms with Crippen LogP contribution in [0.5, 0.6) is 5.75 Å². The molecule has 0 spiro atoms. The van der Waals surface area contributed by atoms with Crippen LogP contribution >= 0.6 is 0 Å². The summed E-state index contributed by atoms with van der Waals surface area (Å²) < 4.78 is 25.8. The van der Waals surface area contributed by atoms with Crippen LogP contribution in [0.1, 0.15) is 34.4 Å². The third-order valence-corrected chi connectivity index (χ3v) is 4.69. The first-order chi connectivity index (χ1) is 14.3. The fourth-order valence-corrected chi connectivity index (χ4v) is 3.14. The second-order valence-corrected chi connectivity index (χ2v) is 7.22. The van der Waals surface area contributed by atoms with E-state index in [2.05, 4.69) is 22.0 Å². The Hall–Kier alpha value is -3.64. The van der Waals surface area contributed by atoms with Gasteiger partial charge >= 0.3 is 0 Å². The lowest BCUT2D eigenvalue weighted by Crippen LogP contribution is -2.23. The van der Waals surface area contributed by atoms with Gasteiger partial charge in [0, 0.05) is 17.8 Å². The molecule has 9 heteroatoms. The molecule has 0 radical (unpaired) electrons. The van der Waals surface area contributed by atoms with Crippen LogP contribution in [0.2, 0.25) is 0 Å². The third-order valence-electron chi connectivity index (χ3n) is 4.69. The van der Waals surface area contributed by atoms with Crippen LogP contribution in [-0.4, -0.2) is 38.5 Å². The van der Waals surface area contributed by atoms with E-state index in [0.717, 1.165) is 0 Å². The molecule has 154 valence electrons. The largest absolute Gasteiger partial charge is 0.485 e. The van der Waals surface area contributed by atoms with E-state index in [9.17, 15) is 14.3 Å². The van der Waals surface area contributed by atoms with Gasteiger partial charge < -0.3 is 24.7 Å². The maximum absolute atomic E-state index is 13.4. The summed E-state index contributed by atoms with van der Waals surface area (Å²) in [6.07, 6.45) is 0.752. The van der Waals surface area contributed by atoms with Crippen molar-refractivity contribution < 1.29 is 23.6 Å². The molecule has 2 aromatic heterocycles. The zero-order valence-corrected chi connectivity index (χ0v) is 16.3. The molecule has 0 saturated carbocycles. The Bertz CT molecular complexity index is 1190. The highest BCUT2D eigenvalue weighted by Crippen LogP contribution is 2.34. The van der Waals surface area contributed by atoms with Crippen LogP contribution in [-0.2, 0) is 12.1 Å². The molecule has 1 aliphatic rings. The van der Waals surface area contributed by atoms with Gasteiger partial charge in [0.05, 0.1) is 12.1 Å². The van der Waals surface area contributed by atoms with Crippen molar-refractivity contribution in [1.29, 1.82) is 0 Å². The molecule has 1 aliphatic heterocycles. The maximum atomic E-state index is 13.4. The highest BCUT2D eigenvalue weighted by molar-refractivity contribution is 5.91. The summed E-state index contributed by atoms with van der Waals surface area (Å²) in [5.74, 6) is 6.42. The molecule has 3 heterocycles. The Kier molecular flexibility index (Phi) is 4.79. The van der Waals surface area contributed by atoms with E-state index < -0.39 is 24.3 Å². The van der Waals surface area contributed by atoms with E-state index in [1.165, 1.54) is 13.1 Å². The molecule has 3 aromatic rings. The number of hydrogen-bond donors (Lipinski definition) is 2. The number of nitrogens with zero attached hydrogens (tertiary/aromatic N) is 3. The summed E-state index contributed by atoms with van der Waals surface area (Å²) >= 11 is 0. The molecule has 1 aromatic carbocycles. The normalized spacial score (nSPS) is 16.9. The lowest BCUT2D eigenvalue weighted by atomic mass is 10.0. The number of alkyl halides is 1. The lowest BCUT2D eigenvalue weighted by Gasteiger charge is -2.14. The van der Waals surface area contributed by atoms with E-state index in [4.69, 9.17) is 15.0 Å². The minimum absolute atomic E-state index is 0.0799. The minimum atomic E-state index is -1.52. The highest BCUT2D eigenvalue weighted by Gasteiger charge is 2.26. The van der Waals surface area contributed by atoms with Crippen molar-refractivity contribution in [3.63, 3.8) is 0 Å². The molecule has 1 amide bonds. The molecule has 8 nitrogen and oxygen atoms in total. The summed E-state index contributed by atoms with van der Waals surface area (Å²) in [5, 5.41) is 14.4. The van der Waals surface area contributed by atoms with E-state index in [1.54, 1.807) is 35.8 Å². The maximum Gasteiger partial charge on any atom is 0.268 e. The molecule has 0 saturated heterocycles. The number of aryl methyl sites for hydroxylation is 1. The Labute approximate surface area is 171 Å². The summed E-state index contributed by atoms with van der Waals surface area (Å²) in [6, 6.07) is 6.67. The number of benzene rings is 1. The number of aliphatic hydroxyl groups is 1. The molecule has 1 unspecified atom stereocenters. The van der Waals surface area contributed by atoms with E-state index in [0.29, 0.717) is 34.2 Å². The Morgan fingerprint density at radius 3 is 2.93 bits per heavy atom. The number of carbonyl (C=O) groups is 1. The molecular weight excluding hydrogens is 391 g/mol. The van der Waals surface area contributed by atoms with Crippen LogP contribution in [0.3, 0.4) is 0 Å². The molecule has 0 fully saturated rings. The third kappa shape index (κ3) is 3.65. The summed E-state index contributed by atoms with van der Waals surface area (Å²) in [7, 11) is 0. The van der Waals surface area contributed by atoms with Crippen molar-refractivity contribution in [3.8, 4) is 29.0 Å². The van der Waals surface area contributed by atoms with E-state index in [-0.39, 0.29) is 12.2 Å². The number of hydrogen-bond acceptors (Lipinski definition) is 6. The summed E-state index contributed by atoms with van der Waals surface area (Å²) in [5.41, 5.74) is 5.32. The molecule has 4 rings (SSSR count). The molecule has 30 heavy (non-hydrogen) atoms. The van der Waals surface area contributed by atoms with Gasteiger partial charge in [0.25, 0.3) is 5.91 Å². The van der Waals surface area contributed by atoms with Crippen LogP contribution in [0, 0.1) is 18.8 Å². The smallest absolute Gasteiger partial charge is 0.268 e. The quantitative estimate of drug-likeness (QED) is 0.638. The summed E-state index contributed by atoms with van der Waals surface area (Å²) in [4.78, 5) is 15.8. The number of amides is 1. The number of imidazole rings is 1. The predicted molar refractivity (Wildman–Crippen MR) is 104 cm³/mol. The van der Waals surface area contributed by atoms with Gasteiger partial charge in [-0.05, 0) is 32.0 Å². The molecule has 0 bridgehead atoms. The fourth-order valence-electron chi connectivity index (χ4n) is 3.14. The van der Waals surface area contributed by atoms with E-state index in [1.807, 2.05) is 0 Å². The van der Waals surface area contributed by atoms with Gasteiger partial charge in [0.15, 0.2) is 5.60 Å². The highest BCUT2D eigenvalue weighted by atomic mass is 19.1. The molecule has 0 aliphatic carbocycles. The van der Waals surface area contributed by atoms with Gasteiger partial charge in [-0.2, -0.15) is 0 Å². The van der Waals surface area contributed by atoms with Gasteiger partial charge in [0.2, 0.25) is 0 Å². The number of ether oxygens (including phenoxy) is 1. The predicted octanol–water partition coefficient (Wildman–Crippen LogP) is 1.94. The standard InChI is InChI=1S/C21H19FN4O4/c1-12-7-18(25-30-12)21(2,28)6-5-13-3-4-17-15(8-13)20-24-16(19(23)27)11-26(20)10-14(9-22)29-17/h3-4,7-8,11,14,28H,9-10H2,1-2H3,(H2,23,27)/t14?,21-/m1/s1. The van der Waals surface area contributed by atoms with Gasteiger partial charge in [0.1, 0.15) is 41.5 Å². The molecule has 2 atom stereocenters. The van der Waals surface area contributed by atoms with Crippen LogP contribution in [0.4, 0.5) is 4.39 Å². The van der Waals surface area contributed by atoms with Gasteiger partial charge in [-0.25, -0.2) is 9.37 Å². The molecular formula is C21H19FN4O4. The first-order valence-electron chi connectivity index (χ1n) is 9.20. The zero-order chi connectivity index (χ0) is 21.5. The number of nitrogens with two attached hydrogens (primary N) is 1. The topological polar surface area (TPSA) is 116 Å².